The molecule has 0 aromatic rings. The molecule has 1 aliphatic rings. The summed E-state index contributed by atoms with van der Waals surface area (Å²) in [5.41, 5.74) is 0. The van der Waals surface area contributed by atoms with Crippen LogP contribution in [0.3, 0.4) is 0 Å². The smallest absolute Gasteiger partial charge is 0.0773 e. The van der Waals surface area contributed by atoms with E-state index in [0.29, 0.717) is 0 Å². The summed E-state index contributed by atoms with van der Waals surface area (Å²) in [6.45, 7) is 8.96. The second-order valence-electron chi connectivity index (χ2n) is 4.56. The van der Waals surface area contributed by atoms with Gasteiger partial charge in [0.25, 0.3) is 0 Å². The van der Waals surface area contributed by atoms with Crippen LogP contribution in [0.1, 0.15) is 52.4 Å². The van der Waals surface area contributed by atoms with Gasteiger partial charge in [-0.05, 0) is 31.6 Å². The number of hydrogen-bond acceptors (Lipinski definition) is 0. The summed E-state index contributed by atoms with van der Waals surface area (Å²) in [5, 5.41) is 0. The Morgan fingerprint density at radius 2 is 1.71 bits per heavy atom. The fourth-order valence-corrected chi connectivity index (χ4v) is 2.37. The highest BCUT2D eigenvalue weighted by atomic mass is 19.0. The SMILES string of the molecule is CCCCC[NH+]1CCC(CC)CC1.[F-]. The summed E-state index contributed by atoms with van der Waals surface area (Å²) >= 11 is 0. The van der Waals surface area contributed by atoms with E-state index in [-0.39, 0.29) is 4.70 Å². The Labute approximate surface area is 88.2 Å². The summed E-state index contributed by atoms with van der Waals surface area (Å²) < 4.78 is 0. The molecule has 1 N–H and O–H groups in total. The average Bonchev–Trinajstić information content (AvgIpc) is 2.19. The summed E-state index contributed by atoms with van der Waals surface area (Å²) in [7, 11) is 0. The van der Waals surface area contributed by atoms with Gasteiger partial charge in [-0.2, -0.15) is 0 Å². The van der Waals surface area contributed by atoms with E-state index in [1.165, 1.54) is 58.2 Å². The lowest BCUT2D eigenvalue weighted by molar-refractivity contribution is -0.906. The first-order valence-electron chi connectivity index (χ1n) is 6.20. The van der Waals surface area contributed by atoms with Gasteiger partial charge in [-0.15, -0.1) is 0 Å². The molecule has 1 rings (SSSR count). The molecule has 1 saturated heterocycles. The molecule has 0 spiro atoms. The van der Waals surface area contributed by atoms with E-state index in [4.69, 9.17) is 0 Å². The summed E-state index contributed by atoms with van der Waals surface area (Å²) in [5.74, 6) is 1.05. The lowest BCUT2D eigenvalue weighted by atomic mass is 9.94. The van der Waals surface area contributed by atoms with Crippen LogP contribution in [0.15, 0.2) is 0 Å². The van der Waals surface area contributed by atoms with Crippen molar-refractivity contribution in [1.82, 2.24) is 0 Å². The molecule has 0 aromatic heterocycles. The molecule has 0 amide bonds. The number of rotatable bonds is 5. The van der Waals surface area contributed by atoms with Crippen molar-refractivity contribution in [2.75, 3.05) is 19.6 Å². The molecular weight excluding hydrogens is 177 g/mol. The predicted octanol–water partition coefficient (Wildman–Crippen LogP) is -1.11. The van der Waals surface area contributed by atoms with E-state index >= 15 is 0 Å². The molecule has 86 valence electrons. The van der Waals surface area contributed by atoms with Crippen LogP contribution in [0.5, 0.6) is 0 Å². The maximum absolute atomic E-state index is 2.34. The lowest BCUT2D eigenvalue weighted by Crippen LogP contribution is -3.13. The van der Waals surface area contributed by atoms with Crippen LogP contribution in [-0.2, 0) is 0 Å². The van der Waals surface area contributed by atoms with E-state index in [2.05, 4.69) is 13.8 Å². The second-order valence-corrected chi connectivity index (χ2v) is 4.56. The Hall–Kier alpha value is -0.110. The quantitative estimate of drug-likeness (QED) is 0.540. The zero-order valence-corrected chi connectivity index (χ0v) is 9.82. The second kappa shape index (κ2) is 8.22. The van der Waals surface area contributed by atoms with Gasteiger partial charge in [-0.1, -0.05) is 26.7 Å². The average molecular weight is 203 g/mol. The van der Waals surface area contributed by atoms with E-state index < -0.39 is 0 Å². The minimum absolute atomic E-state index is 0. The van der Waals surface area contributed by atoms with Gasteiger partial charge in [-0.25, -0.2) is 0 Å². The first kappa shape index (κ1) is 13.9. The van der Waals surface area contributed by atoms with Gasteiger partial charge in [0, 0.05) is 0 Å². The number of unbranched alkanes of at least 4 members (excludes halogenated alkanes) is 2. The number of piperidine rings is 1. The van der Waals surface area contributed by atoms with Crippen LogP contribution in [-0.4, -0.2) is 19.6 Å². The molecule has 0 unspecified atom stereocenters. The number of halogens is 1. The highest BCUT2D eigenvalue weighted by Gasteiger charge is 2.19. The van der Waals surface area contributed by atoms with Crippen molar-refractivity contribution in [2.24, 2.45) is 5.92 Å². The summed E-state index contributed by atoms with van der Waals surface area (Å²) in [6.07, 6.45) is 8.62. The molecule has 0 atom stereocenters. The van der Waals surface area contributed by atoms with Gasteiger partial charge in [0.15, 0.2) is 0 Å². The van der Waals surface area contributed by atoms with Crippen molar-refractivity contribution in [1.29, 1.82) is 0 Å². The molecule has 0 bridgehead atoms. The van der Waals surface area contributed by atoms with Gasteiger partial charge in [0.1, 0.15) is 0 Å². The molecule has 2 heteroatoms. The third kappa shape index (κ3) is 4.94. The fraction of sp³-hybridized carbons (Fsp3) is 1.00. The normalized spacial score (nSPS) is 27.0. The van der Waals surface area contributed by atoms with E-state index in [9.17, 15) is 0 Å². The van der Waals surface area contributed by atoms with Crippen molar-refractivity contribution in [3.05, 3.63) is 0 Å². The molecule has 1 nitrogen and oxygen atoms in total. The first-order valence-corrected chi connectivity index (χ1v) is 6.20. The topological polar surface area (TPSA) is 4.44 Å². The molecule has 14 heavy (non-hydrogen) atoms. The molecule has 1 heterocycles. The van der Waals surface area contributed by atoms with Crippen molar-refractivity contribution >= 4 is 0 Å². The minimum Gasteiger partial charge on any atom is -1.00 e. The Morgan fingerprint density at radius 1 is 1.07 bits per heavy atom. The first-order chi connectivity index (χ1) is 6.36. The Bertz CT molecular complexity index is 117. The van der Waals surface area contributed by atoms with Gasteiger partial charge in [0.2, 0.25) is 0 Å². The molecule has 0 aliphatic carbocycles. The zero-order valence-electron chi connectivity index (χ0n) is 9.82. The number of quaternary nitrogens is 1. The predicted molar refractivity (Wildman–Crippen MR) is 58.1 cm³/mol. The van der Waals surface area contributed by atoms with Crippen LogP contribution < -0.4 is 9.60 Å². The van der Waals surface area contributed by atoms with Crippen LogP contribution in [0.4, 0.5) is 0 Å². The number of hydrogen-bond donors (Lipinski definition) is 1. The monoisotopic (exact) mass is 203 g/mol. The van der Waals surface area contributed by atoms with Crippen LogP contribution in [0.2, 0.25) is 0 Å². The van der Waals surface area contributed by atoms with Gasteiger partial charge < -0.3 is 9.60 Å². The highest BCUT2D eigenvalue weighted by molar-refractivity contribution is 4.59. The Balaban J connectivity index is 0.00000169. The molecular formula is C12H26FN. The van der Waals surface area contributed by atoms with Gasteiger partial charge >= 0.3 is 0 Å². The molecule has 0 aromatic carbocycles. The van der Waals surface area contributed by atoms with E-state index in [1.54, 1.807) is 0 Å². The number of nitrogens with one attached hydrogen (secondary N) is 1. The summed E-state index contributed by atoms with van der Waals surface area (Å²) in [4.78, 5) is 1.87. The van der Waals surface area contributed by atoms with Crippen molar-refractivity contribution < 1.29 is 9.60 Å². The zero-order chi connectivity index (χ0) is 9.52. The highest BCUT2D eigenvalue weighted by Crippen LogP contribution is 2.12. The van der Waals surface area contributed by atoms with Gasteiger partial charge in [0.05, 0.1) is 19.6 Å². The van der Waals surface area contributed by atoms with Crippen molar-refractivity contribution in [2.45, 2.75) is 52.4 Å². The molecule has 1 fully saturated rings. The Kier molecular flexibility index (Phi) is 8.15. The van der Waals surface area contributed by atoms with Crippen LogP contribution in [0.25, 0.3) is 0 Å². The maximum Gasteiger partial charge on any atom is 0.0773 e. The van der Waals surface area contributed by atoms with Crippen LogP contribution in [0, 0.1) is 5.92 Å². The summed E-state index contributed by atoms with van der Waals surface area (Å²) in [6, 6.07) is 0. The van der Waals surface area contributed by atoms with Crippen LogP contribution >= 0.6 is 0 Å². The van der Waals surface area contributed by atoms with Crippen molar-refractivity contribution in [3.8, 4) is 0 Å². The third-order valence-electron chi connectivity index (χ3n) is 3.52. The maximum atomic E-state index is 2.34. The minimum atomic E-state index is 0. The molecule has 1 aliphatic heterocycles. The van der Waals surface area contributed by atoms with Crippen molar-refractivity contribution in [3.63, 3.8) is 0 Å². The lowest BCUT2D eigenvalue weighted by Gasteiger charge is -2.28. The Morgan fingerprint density at radius 3 is 2.21 bits per heavy atom. The largest absolute Gasteiger partial charge is 1.00 e. The molecule has 0 saturated carbocycles. The number of likely N-dealkylation sites (tertiary alicyclic amines) is 1. The van der Waals surface area contributed by atoms with E-state index in [0.717, 1.165) is 5.92 Å². The molecule has 0 radical (unpaired) electrons. The van der Waals surface area contributed by atoms with Gasteiger partial charge in [-0.3, -0.25) is 0 Å². The third-order valence-corrected chi connectivity index (χ3v) is 3.52. The standard InChI is InChI=1S/C12H25N.FH/c1-3-5-6-9-13-10-7-12(4-2)8-11-13;/h12H,3-11H2,1-2H3;1H. The van der Waals surface area contributed by atoms with E-state index in [1.807, 2.05) is 4.90 Å². The fourth-order valence-electron chi connectivity index (χ4n) is 2.37.